The van der Waals surface area contributed by atoms with Crippen molar-refractivity contribution in [3.8, 4) is 5.75 Å². The van der Waals surface area contributed by atoms with Crippen molar-refractivity contribution >= 4 is 17.4 Å². The Balaban J connectivity index is 1.31. The van der Waals surface area contributed by atoms with E-state index in [2.05, 4.69) is 28.3 Å². The third kappa shape index (κ3) is 4.56. The van der Waals surface area contributed by atoms with Gasteiger partial charge in [-0.05, 0) is 38.9 Å². The molecule has 4 rings (SSSR count). The molecule has 0 radical (unpaired) electrons. The minimum Gasteiger partial charge on any atom is -0.485 e. The smallest absolute Gasteiger partial charge is 0.239 e. The number of ether oxygens (including phenoxy) is 1. The Morgan fingerprint density at radius 2 is 2.07 bits per heavy atom. The molecule has 1 N–H and O–H groups in total. The molecular formula is C22H31N5O2. The summed E-state index contributed by atoms with van der Waals surface area (Å²) in [5, 5.41) is 7.47. The molecule has 1 atom stereocenters. The van der Waals surface area contributed by atoms with Crippen molar-refractivity contribution in [3.05, 3.63) is 36.5 Å². The summed E-state index contributed by atoms with van der Waals surface area (Å²) in [5.41, 5.74) is 1.15. The third-order valence-corrected chi connectivity index (χ3v) is 5.84. The first kappa shape index (κ1) is 19.8. The van der Waals surface area contributed by atoms with E-state index in [4.69, 9.17) is 4.74 Å². The minimum absolute atomic E-state index is 0.0178. The van der Waals surface area contributed by atoms with Crippen LogP contribution in [-0.2, 0) is 4.79 Å². The van der Waals surface area contributed by atoms with Gasteiger partial charge in [0.2, 0.25) is 5.91 Å². The van der Waals surface area contributed by atoms with E-state index in [1.165, 1.54) is 12.8 Å². The Bertz CT molecular complexity index is 830. The van der Waals surface area contributed by atoms with Crippen molar-refractivity contribution in [2.24, 2.45) is 0 Å². The summed E-state index contributed by atoms with van der Waals surface area (Å²) in [4.78, 5) is 17.0. The summed E-state index contributed by atoms with van der Waals surface area (Å²) in [7, 11) is 1.97. The number of rotatable bonds is 7. The average Bonchev–Trinajstić information content (AvgIpc) is 3.38. The maximum atomic E-state index is 12.6. The lowest BCUT2D eigenvalue weighted by Gasteiger charge is -2.37. The Labute approximate surface area is 172 Å². The van der Waals surface area contributed by atoms with Crippen molar-refractivity contribution in [3.63, 3.8) is 0 Å². The number of hydrogen-bond acceptors (Lipinski definition) is 5. The molecule has 7 nitrogen and oxygen atoms in total. The van der Waals surface area contributed by atoms with E-state index in [1.807, 2.05) is 40.9 Å². The minimum atomic E-state index is -0.0178. The predicted octanol–water partition coefficient (Wildman–Crippen LogP) is 3.16. The zero-order valence-corrected chi connectivity index (χ0v) is 17.4. The van der Waals surface area contributed by atoms with Crippen LogP contribution in [0.15, 0.2) is 36.5 Å². The molecule has 1 fully saturated rings. The second-order valence-corrected chi connectivity index (χ2v) is 8.09. The highest BCUT2D eigenvalue weighted by Crippen LogP contribution is 2.33. The second-order valence-electron chi connectivity index (χ2n) is 8.09. The standard InChI is InChI=1S/C22H31N5O2/c1-3-26-15-18(29-20-11-7-6-10-19(20)26)14-25(2)16-22(28)24-21-12-13-23-27(21)17-8-4-5-9-17/h6-7,10-13,17-18H,3-5,8-9,14-16H2,1-2H3,(H,24,28). The Morgan fingerprint density at radius 1 is 1.28 bits per heavy atom. The summed E-state index contributed by atoms with van der Waals surface area (Å²) >= 11 is 0. The van der Waals surface area contributed by atoms with E-state index < -0.39 is 0 Å². The molecule has 0 saturated heterocycles. The van der Waals surface area contributed by atoms with Crippen LogP contribution in [-0.4, -0.2) is 59.9 Å². The molecule has 2 heterocycles. The average molecular weight is 398 g/mol. The van der Waals surface area contributed by atoms with Gasteiger partial charge in [-0.2, -0.15) is 5.10 Å². The van der Waals surface area contributed by atoms with Gasteiger partial charge in [0.05, 0.1) is 31.0 Å². The molecule has 1 amide bonds. The third-order valence-electron chi connectivity index (χ3n) is 5.84. The monoisotopic (exact) mass is 397 g/mol. The van der Waals surface area contributed by atoms with Gasteiger partial charge in [-0.1, -0.05) is 25.0 Å². The molecule has 156 valence electrons. The number of nitrogens with one attached hydrogen (secondary N) is 1. The lowest BCUT2D eigenvalue weighted by molar-refractivity contribution is -0.117. The predicted molar refractivity (Wildman–Crippen MR) is 115 cm³/mol. The van der Waals surface area contributed by atoms with Crippen molar-refractivity contribution in [1.82, 2.24) is 14.7 Å². The van der Waals surface area contributed by atoms with Crippen LogP contribution in [0.3, 0.4) is 0 Å². The highest BCUT2D eigenvalue weighted by atomic mass is 16.5. The largest absolute Gasteiger partial charge is 0.485 e. The van der Waals surface area contributed by atoms with E-state index in [-0.39, 0.29) is 12.0 Å². The van der Waals surface area contributed by atoms with Gasteiger partial charge in [0.1, 0.15) is 17.7 Å². The summed E-state index contributed by atoms with van der Waals surface area (Å²) in [6, 6.07) is 10.4. The molecule has 2 aromatic rings. The normalized spacial score (nSPS) is 19.3. The topological polar surface area (TPSA) is 62.6 Å². The number of carbonyl (C=O) groups excluding carboxylic acids is 1. The van der Waals surface area contributed by atoms with Gasteiger partial charge in [0, 0.05) is 19.2 Å². The van der Waals surface area contributed by atoms with Gasteiger partial charge >= 0.3 is 0 Å². The zero-order valence-electron chi connectivity index (χ0n) is 17.4. The number of aromatic nitrogens is 2. The summed E-state index contributed by atoms with van der Waals surface area (Å²) in [6.45, 7) is 4.94. The molecule has 1 aliphatic carbocycles. The fraction of sp³-hybridized carbons (Fsp3) is 0.545. The van der Waals surface area contributed by atoms with Crippen molar-refractivity contribution < 1.29 is 9.53 Å². The van der Waals surface area contributed by atoms with E-state index in [0.29, 0.717) is 19.1 Å². The maximum Gasteiger partial charge on any atom is 0.239 e. The fourth-order valence-electron chi connectivity index (χ4n) is 4.47. The van der Waals surface area contributed by atoms with Crippen LogP contribution in [0.4, 0.5) is 11.5 Å². The van der Waals surface area contributed by atoms with E-state index >= 15 is 0 Å². The van der Waals surface area contributed by atoms with Crippen molar-refractivity contribution in [1.29, 1.82) is 0 Å². The summed E-state index contributed by atoms with van der Waals surface area (Å²) in [5.74, 6) is 1.70. The van der Waals surface area contributed by atoms with E-state index in [0.717, 1.165) is 43.2 Å². The van der Waals surface area contributed by atoms with E-state index in [9.17, 15) is 4.79 Å². The summed E-state index contributed by atoms with van der Waals surface area (Å²) < 4.78 is 8.16. The molecule has 1 aromatic heterocycles. The van der Waals surface area contributed by atoms with Gasteiger partial charge in [-0.25, -0.2) is 4.68 Å². The summed E-state index contributed by atoms with van der Waals surface area (Å²) in [6.07, 6.45) is 6.55. The van der Waals surface area contributed by atoms with Crippen molar-refractivity contribution in [2.45, 2.75) is 44.8 Å². The number of hydrogen-bond donors (Lipinski definition) is 1. The molecule has 7 heteroatoms. The molecule has 1 saturated carbocycles. The first-order chi connectivity index (χ1) is 14.1. The van der Waals surface area contributed by atoms with Crippen LogP contribution in [0, 0.1) is 0 Å². The molecule has 2 aliphatic rings. The van der Waals surface area contributed by atoms with Crippen LogP contribution in [0.2, 0.25) is 0 Å². The zero-order chi connectivity index (χ0) is 20.2. The highest BCUT2D eigenvalue weighted by Gasteiger charge is 2.26. The number of anilines is 2. The first-order valence-corrected chi connectivity index (χ1v) is 10.7. The lowest BCUT2D eigenvalue weighted by Crippen LogP contribution is -2.46. The molecular weight excluding hydrogens is 366 g/mol. The molecule has 1 aromatic carbocycles. The van der Waals surface area contributed by atoms with Gasteiger partial charge in [0.25, 0.3) is 0 Å². The quantitative estimate of drug-likeness (QED) is 0.778. The Hall–Kier alpha value is -2.54. The number of carbonyl (C=O) groups is 1. The fourth-order valence-corrected chi connectivity index (χ4v) is 4.47. The molecule has 1 unspecified atom stereocenters. The van der Waals surface area contributed by atoms with Crippen LogP contribution < -0.4 is 15.0 Å². The highest BCUT2D eigenvalue weighted by molar-refractivity contribution is 5.91. The van der Waals surface area contributed by atoms with Gasteiger partial charge in [-0.3, -0.25) is 9.69 Å². The Morgan fingerprint density at radius 3 is 2.86 bits per heavy atom. The van der Waals surface area contributed by atoms with Crippen molar-refractivity contribution in [2.75, 3.05) is 43.4 Å². The Kier molecular flexibility index (Phi) is 6.04. The maximum absolute atomic E-state index is 12.6. The molecule has 0 bridgehead atoms. The van der Waals surface area contributed by atoms with Crippen LogP contribution in [0.25, 0.3) is 0 Å². The van der Waals surface area contributed by atoms with E-state index in [1.54, 1.807) is 6.20 Å². The SMILES string of the molecule is CCN1CC(CN(C)CC(=O)Nc2ccnn2C2CCCC2)Oc2ccccc21. The van der Waals surface area contributed by atoms with Gasteiger partial charge < -0.3 is 15.0 Å². The molecule has 1 aliphatic heterocycles. The van der Waals surface area contributed by atoms with Crippen LogP contribution in [0.5, 0.6) is 5.75 Å². The van der Waals surface area contributed by atoms with Gasteiger partial charge in [-0.15, -0.1) is 0 Å². The van der Waals surface area contributed by atoms with Crippen LogP contribution in [0.1, 0.15) is 38.6 Å². The molecule has 0 spiro atoms. The van der Waals surface area contributed by atoms with Crippen LogP contribution >= 0.6 is 0 Å². The number of fused-ring (bicyclic) bond motifs is 1. The number of para-hydroxylation sites is 2. The first-order valence-electron chi connectivity index (χ1n) is 10.7. The number of amides is 1. The number of nitrogens with zero attached hydrogens (tertiary/aromatic N) is 4. The van der Waals surface area contributed by atoms with Gasteiger partial charge in [0.15, 0.2) is 0 Å². The second kappa shape index (κ2) is 8.86. The molecule has 29 heavy (non-hydrogen) atoms. The number of likely N-dealkylation sites (N-methyl/N-ethyl adjacent to an activating group) is 2. The lowest BCUT2D eigenvalue weighted by atomic mass is 10.2. The number of benzene rings is 1.